The number of rotatable bonds is 4. The van der Waals surface area contributed by atoms with Gasteiger partial charge in [0.05, 0.1) is 15.6 Å². The molecule has 9 heteroatoms. The van der Waals surface area contributed by atoms with Crippen LogP contribution < -0.4 is 5.32 Å². The Kier molecular flexibility index (Phi) is 6.86. The number of sulfone groups is 1. The van der Waals surface area contributed by atoms with Gasteiger partial charge in [0.15, 0.2) is 9.84 Å². The summed E-state index contributed by atoms with van der Waals surface area (Å²) in [5, 5.41) is 3.05. The topological polar surface area (TPSA) is 92.8 Å². The number of hydrogen-bond donors (Lipinski definition) is 1. The van der Waals surface area contributed by atoms with Gasteiger partial charge < -0.3 is 10.1 Å². The zero-order valence-corrected chi connectivity index (χ0v) is 20.1. The second-order valence-electron chi connectivity index (χ2n) is 8.78. The number of anilines is 1. The lowest BCUT2D eigenvalue weighted by Crippen LogP contribution is -2.45. The molecule has 2 aromatic carbocycles. The minimum atomic E-state index is -3.42. The maximum atomic E-state index is 12.9. The Morgan fingerprint density at radius 3 is 2.47 bits per heavy atom. The van der Waals surface area contributed by atoms with Crippen molar-refractivity contribution in [1.29, 1.82) is 0 Å². The van der Waals surface area contributed by atoms with E-state index >= 15 is 0 Å². The molecule has 3 rings (SSSR count). The molecule has 1 unspecified atom stereocenters. The van der Waals surface area contributed by atoms with Crippen molar-refractivity contribution < 1.29 is 22.7 Å². The van der Waals surface area contributed by atoms with Crippen molar-refractivity contribution in [3.8, 4) is 11.1 Å². The molecule has 0 bridgehead atoms. The summed E-state index contributed by atoms with van der Waals surface area (Å²) in [5.41, 5.74) is 0.877. The number of carbonyl (C=O) groups is 2. The van der Waals surface area contributed by atoms with Crippen molar-refractivity contribution in [3.63, 3.8) is 0 Å². The highest BCUT2D eigenvalue weighted by Crippen LogP contribution is 2.33. The SMILES string of the molecule is CC(C)(C)OC(=O)N1CCCC1C(=O)Nc1ccc(-c2ccccc2S(C)(=O)=O)cc1Cl. The summed E-state index contributed by atoms with van der Waals surface area (Å²) >= 11 is 6.41. The predicted octanol–water partition coefficient (Wildman–Crippen LogP) is 4.75. The van der Waals surface area contributed by atoms with E-state index in [0.717, 1.165) is 6.26 Å². The first-order valence-corrected chi connectivity index (χ1v) is 12.5. The molecule has 1 heterocycles. The Morgan fingerprint density at radius 2 is 1.84 bits per heavy atom. The molecule has 0 saturated carbocycles. The van der Waals surface area contributed by atoms with E-state index in [-0.39, 0.29) is 15.8 Å². The molecule has 172 valence electrons. The van der Waals surface area contributed by atoms with Crippen molar-refractivity contribution in [2.24, 2.45) is 0 Å². The summed E-state index contributed by atoms with van der Waals surface area (Å²) in [6.07, 6.45) is 1.86. The quantitative estimate of drug-likeness (QED) is 0.684. The molecule has 1 saturated heterocycles. The molecule has 1 atom stereocenters. The number of hydrogen-bond acceptors (Lipinski definition) is 5. The fourth-order valence-corrected chi connectivity index (χ4v) is 4.75. The van der Waals surface area contributed by atoms with Gasteiger partial charge in [-0.25, -0.2) is 13.2 Å². The van der Waals surface area contributed by atoms with Gasteiger partial charge in [-0.15, -0.1) is 0 Å². The second-order valence-corrected chi connectivity index (χ2v) is 11.2. The number of ether oxygens (including phenoxy) is 1. The molecule has 0 spiro atoms. The van der Waals surface area contributed by atoms with Crippen LogP contribution in [0.15, 0.2) is 47.4 Å². The van der Waals surface area contributed by atoms with Crippen LogP contribution in [-0.4, -0.2) is 49.8 Å². The molecule has 0 radical (unpaired) electrons. The van der Waals surface area contributed by atoms with Crippen LogP contribution in [0, 0.1) is 0 Å². The first-order chi connectivity index (χ1) is 14.9. The monoisotopic (exact) mass is 478 g/mol. The van der Waals surface area contributed by atoms with Crippen LogP contribution in [0.3, 0.4) is 0 Å². The Morgan fingerprint density at radius 1 is 1.16 bits per heavy atom. The van der Waals surface area contributed by atoms with Gasteiger partial charge in [0.2, 0.25) is 5.91 Å². The Labute approximate surface area is 193 Å². The zero-order chi connectivity index (χ0) is 23.7. The standard InChI is InChI=1S/C23H27ClN2O5S/c1-23(2,3)31-22(28)26-13-7-9-19(26)21(27)25-18-12-11-15(14-17(18)24)16-8-5-6-10-20(16)32(4,29)30/h5-6,8,10-12,14,19H,7,9,13H2,1-4H3,(H,25,27). The summed E-state index contributed by atoms with van der Waals surface area (Å²) in [6.45, 7) is 5.78. The number of likely N-dealkylation sites (tertiary alicyclic amines) is 1. The summed E-state index contributed by atoms with van der Waals surface area (Å²) in [4.78, 5) is 27.0. The van der Waals surface area contributed by atoms with E-state index in [1.807, 2.05) is 0 Å². The largest absolute Gasteiger partial charge is 0.444 e. The van der Waals surface area contributed by atoms with Crippen LogP contribution in [0.5, 0.6) is 0 Å². The lowest BCUT2D eigenvalue weighted by atomic mass is 10.1. The Hall–Kier alpha value is -2.58. The van der Waals surface area contributed by atoms with Crippen LogP contribution in [0.25, 0.3) is 11.1 Å². The van der Waals surface area contributed by atoms with E-state index in [1.54, 1.807) is 63.2 Å². The molecular formula is C23H27ClN2O5S. The van der Waals surface area contributed by atoms with Crippen LogP contribution in [0.2, 0.25) is 5.02 Å². The number of nitrogens with one attached hydrogen (secondary N) is 1. The maximum absolute atomic E-state index is 12.9. The molecule has 0 aromatic heterocycles. The number of nitrogens with zero attached hydrogens (tertiary/aromatic N) is 1. The van der Waals surface area contributed by atoms with Gasteiger partial charge in [0, 0.05) is 18.4 Å². The lowest BCUT2D eigenvalue weighted by Gasteiger charge is -2.28. The first kappa shape index (κ1) is 24.1. The molecule has 2 amide bonds. The predicted molar refractivity (Wildman–Crippen MR) is 125 cm³/mol. The first-order valence-electron chi connectivity index (χ1n) is 10.3. The van der Waals surface area contributed by atoms with Gasteiger partial charge in [0.1, 0.15) is 11.6 Å². The number of benzene rings is 2. The summed E-state index contributed by atoms with van der Waals surface area (Å²) in [7, 11) is -3.42. The van der Waals surface area contributed by atoms with E-state index in [1.165, 1.54) is 4.90 Å². The van der Waals surface area contributed by atoms with Crippen molar-refractivity contribution in [1.82, 2.24) is 4.90 Å². The minimum absolute atomic E-state index is 0.201. The molecule has 2 aromatic rings. The van der Waals surface area contributed by atoms with Crippen LogP contribution in [0.4, 0.5) is 10.5 Å². The molecule has 32 heavy (non-hydrogen) atoms. The highest BCUT2D eigenvalue weighted by Gasteiger charge is 2.36. The number of amides is 2. The highest BCUT2D eigenvalue weighted by molar-refractivity contribution is 7.90. The van der Waals surface area contributed by atoms with Gasteiger partial charge in [-0.3, -0.25) is 9.69 Å². The molecule has 1 aliphatic heterocycles. The van der Waals surface area contributed by atoms with Crippen molar-refractivity contribution in [2.45, 2.75) is 50.2 Å². The fourth-order valence-electron chi connectivity index (χ4n) is 3.61. The van der Waals surface area contributed by atoms with E-state index in [4.69, 9.17) is 16.3 Å². The van der Waals surface area contributed by atoms with Crippen molar-refractivity contribution in [3.05, 3.63) is 47.5 Å². The van der Waals surface area contributed by atoms with Gasteiger partial charge >= 0.3 is 6.09 Å². The zero-order valence-electron chi connectivity index (χ0n) is 18.5. The summed E-state index contributed by atoms with van der Waals surface area (Å²) in [6, 6.07) is 10.9. The fraction of sp³-hybridized carbons (Fsp3) is 0.391. The average Bonchev–Trinajstić information content (AvgIpc) is 3.18. The average molecular weight is 479 g/mol. The van der Waals surface area contributed by atoms with Crippen LogP contribution in [-0.2, 0) is 19.4 Å². The normalized spacial score (nSPS) is 16.7. The van der Waals surface area contributed by atoms with Crippen LogP contribution >= 0.6 is 11.6 Å². The van der Waals surface area contributed by atoms with Gasteiger partial charge in [0.25, 0.3) is 0 Å². The van der Waals surface area contributed by atoms with Gasteiger partial charge in [-0.1, -0.05) is 35.9 Å². The smallest absolute Gasteiger partial charge is 0.410 e. The molecule has 0 aliphatic carbocycles. The molecule has 1 aliphatic rings. The lowest BCUT2D eigenvalue weighted by molar-refractivity contribution is -0.120. The van der Waals surface area contributed by atoms with E-state index in [2.05, 4.69) is 5.32 Å². The van der Waals surface area contributed by atoms with Crippen molar-refractivity contribution >= 4 is 39.1 Å². The Bertz CT molecular complexity index is 1140. The maximum Gasteiger partial charge on any atom is 0.410 e. The minimum Gasteiger partial charge on any atom is -0.444 e. The summed E-state index contributed by atoms with van der Waals surface area (Å²) in [5.74, 6) is -0.348. The van der Waals surface area contributed by atoms with E-state index in [9.17, 15) is 18.0 Å². The summed E-state index contributed by atoms with van der Waals surface area (Å²) < 4.78 is 29.6. The second kappa shape index (κ2) is 9.11. The van der Waals surface area contributed by atoms with Gasteiger partial charge in [-0.05, 0) is 57.4 Å². The van der Waals surface area contributed by atoms with Crippen LogP contribution in [0.1, 0.15) is 33.6 Å². The number of halogens is 1. The number of carbonyl (C=O) groups excluding carboxylic acids is 2. The molecule has 1 N–H and O–H groups in total. The Balaban J connectivity index is 1.80. The molecular weight excluding hydrogens is 452 g/mol. The third kappa shape index (κ3) is 5.61. The van der Waals surface area contributed by atoms with Gasteiger partial charge in [-0.2, -0.15) is 0 Å². The highest BCUT2D eigenvalue weighted by atomic mass is 35.5. The molecule has 7 nitrogen and oxygen atoms in total. The van der Waals surface area contributed by atoms with E-state index in [0.29, 0.717) is 36.2 Å². The van der Waals surface area contributed by atoms with E-state index < -0.39 is 27.6 Å². The third-order valence-electron chi connectivity index (χ3n) is 5.01. The molecule has 1 fully saturated rings. The van der Waals surface area contributed by atoms with Crippen molar-refractivity contribution in [2.75, 3.05) is 18.1 Å². The third-order valence-corrected chi connectivity index (χ3v) is 6.48.